The molecule has 0 saturated carbocycles. The molecule has 0 aliphatic carbocycles. The van der Waals surface area contributed by atoms with Crippen molar-refractivity contribution in [3.05, 3.63) is 106 Å². The van der Waals surface area contributed by atoms with Crippen molar-refractivity contribution in [3.63, 3.8) is 0 Å². The van der Waals surface area contributed by atoms with Gasteiger partial charge in [-0.05, 0) is 71.9 Å². The van der Waals surface area contributed by atoms with Crippen molar-refractivity contribution in [2.45, 2.75) is 146 Å². The van der Waals surface area contributed by atoms with Crippen molar-refractivity contribution in [3.8, 4) is 0 Å². The molecule has 12 N–H and O–H groups in total. The maximum atomic E-state index is 15.4. The summed E-state index contributed by atoms with van der Waals surface area (Å²) >= 11 is 0. The Bertz CT molecular complexity index is 2820. The number of unbranched alkanes of at least 4 members (excludes halogenated alkanes) is 1. The first kappa shape index (κ1) is 62.5. The van der Waals surface area contributed by atoms with Gasteiger partial charge >= 0.3 is 6.03 Å². The Morgan fingerprint density at radius 1 is 0.723 bits per heavy atom. The van der Waals surface area contributed by atoms with Gasteiger partial charge in [-0.2, -0.15) is 0 Å². The first-order valence-corrected chi connectivity index (χ1v) is 28.8. The number of urea groups is 1. The molecule has 0 spiro atoms. The number of carbonyl (C=O) groups excluding carboxylic acids is 9. The number of guanidine groups is 1. The number of amides is 10. The summed E-state index contributed by atoms with van der Waals surface area (Å²) in [6.07, 6.45) is 1.75. The van der Waals surface area contributed by atoms with E-state index in [1.165, 1.54) is 28.8 Å². The molecule has 24 heteroatoms. The van der Waals surface area contributed by atoms with Crippen LogP contribution in [0.1, 0.15) is 98.1 Å². The predicted octanol–water partition coefficient (Wildman–Crippen LogP) is -0.0334. The number of hydrogen-bond donors (Lipinski definition) is 9. The van der Waals surface area contributed by atoms with E-state index in [0.717, 1.165) is 35.3 Å². The Balaban J connectivity index is 1.29. The molecule has 3 aromatic rings. The molecule has 4 heterocycles. The zero-order valence-corrected chi connectivity index (χ0v) is 47.9. The van der Waals surface area contributed by atoms with Gasteiger partial charge in [0.15, 0.2) is 5.96 Å². The van der Waals surface area contributed by atoms with Crippen LogP contribution in [0.2, 0.25) is 0 Å². The van der Waals surface area contributed by atoms with Gasteiger partial charge in [0.25, 0.3) is 0 Å². The molecule has 10 amide bonds. The third kappa shape index (κ3) is 17.7. The summed E-state index contributed by atoms with van der Waals surface area (Å²) in [7, 11) is 3.05. The lowest BCUT2D eigenvalue weighted by Crippen LogP contribution is -2.63. The van der Waals surface area contributed by atoms with Crippen molar-refractivity contribution in [2.75, 3.05) is 53.5 Å². The summed E-state index contributed by atoms with van der Waals surface area (Å²) in [5.74, 6) is -5.85. The molecule has 24 nitrogen and oxygen atoms in total. The molecule has 4 aliphatic heterocycles. The van der Waals surface area contributed by atoms with Gasteiger partial charge in [-0.15, -0.1) is 0 Å². The first-order chi connectivity index (χ1) is 39.9. The predicted molar refractivity (Wildman–Crippen MR) is 309 cm³/mol. The fraction of sp³-hybridized carbons (Fsp3) is 0.525. The molecule has 7 rings (SSSR count). The zero-order chi connectivity index (χ0) is 59.6. The van der Waals surface area contributed by atoms with Gasteiger partial charge in [0.1, 0.15) is 42.3 Å². The number of ether oxygens (including phenoxy) is 1. The fourth-order valence-electron chi connectivity index (χ4n) is 10.9. The topological polar surface area (TPSA) is 338 Å². The van der Waals surface area contributed by atoms with Gasteiger partial charge in [0.05, 0.1) is 19.6 Å². The Hall–Kier alpha value is -8.12. The van der Waals surface area contributed by atoms with E-state index in [2.05, 4.69) is 41.8 Å². The van der Waals surface area contributed by atoms with Gasteiger partial charge in [0, 0.05) is 79.2 Å². The van der Waals surface area contributed by atoms with Crippen molar-refractivity contribution >= 4 is 59.2 Å². The maximum Gasteiger partial charge on any atom is 0.317 e. The van der Waals surface area contributed by atoms with Crippen molar-refractivity contribution in [1.82, 2.24) is 51.5 Å². The number of nitrogens with two attached hydrogens (primary N) is 3. The van der Waals surface area contributed by atoms with E-state index in [0.29, 0.717) is 56.6 Å². The van der Waals surface area contributed by atoms with Crippen molar-refractivity contribution in [2.24, 2.45) is 22.2 Å². The smallest absolute Gasteiger partial charge is 0.317 e. The lowest BCUT2D eigenvalue weighted by molar-refractivity contribution is -0.147. The summed E-state index contributed by atoms with van der Waals surface area (Å²) in [4.78, 5) is 140. The van der Waals surface area contributed by atoms with Crippen LogP contribution in [0.5, 0.6) is 0 Å². The van der Waals surface area contributed by atoms with Crippen LogP contribution in [-0.2, 0) is 82.0 Å². The normalized spacial score (nSPS) is 22.8. The van der Waals surface area contributed by atoms with Crippen LogP contribution < -0.4 is 49.1 Å². The number of primary amides is 1. The van der Waals surface area contributed by atoms with Crippen LogP contribution in [0.25, 0.3) is 0 Å². The summed E-state index contributed by atoms with van der Waals surface area (Å²) < 4.78 is 5.54. The van der Waals surface area contributed by atoms with E-state index in [4.69, 9.17) is 21.9 Å². The molecule has 4 aliphatic rings. The average molecular weight is 1150 g/mol. The van der Waals surface area contributed by atoms with Crippen LogP contribution in [0.4, 0.5) is 4.79 Å². The Kier molecular flexibility index (Phi) is 22.8. The van der Waals surface area contributed by atoms with E-state index in [9.17, 15) is 24.0 Å². The summed E-state index contributed by atoms with van der Waals surface area (Å²) in [5, 5.41) is 17.0. The highest BCUT2D eigenvalue weighted by Gasteiger charge is 2.43. The van der Waals surface area contributed by atoms with E-state index < -0.39 is 102 Å². The molecule has 2 saturated heterocycles. The number of nitrogens with zero attached hydrogens (tertiary/aromatic N) is 5. The SMILES string of the molecule is CCCC[C@H](NC(=O)N(C)C)C(=O)N[C@H]1CC(=O)NCCCC[C@@H](C(N)=O)NC(=O)[C@@H]2Cc3ccccc3CN2C(=O)[C@H](CCCN=C(N)N)NC(=O)[C@@H](Cc2ccc(CN3CCOCC3)cc2)NC(=O)[C@@H]2Cc3ccccc3CN2C1=O. The lowest BCUT2D eigenvalue weighted by Gasteiger charge is -2.39. The second kappa shape index (κ2) is 30.3. The minimum absolute atomic E-state index is 0.00562. The molecule has 3 aromatic carbocycles. The van der Waals surface area contributed by atoms with E-state index in [1.807, 2.05) is 73.7 Å². The maximum absolute atomic E-state index is 15.4. The minimum atomic E-state index is -1.55. The quantitative estimate of drug-likeness (QED) is 0.0549. The number of benzene rings is 3. The Morgan fingerprint density at radius 3 is 1.92 bits per heavy atom. The van der Waals surface area contributed by atoms with Crippen LogP contribution >= 0.6 is 0 Å². The van der Waals surface area contributed by atoms with Gasteiger partial charge in [-0.1, -0.05) is 92.6 Å². The third-order valence-corrected chi connectivity index (χ3v) is 15.6. The first-order valence-electron chi connectivity index (χ1n) is 28.8. The molecule has 83 heavy (non-hydrogen) atoms. The molecule has 0 radical (unpaired) electrons. The minimum Gasteiger partial charge on any atom is -0.379 e. The van der Waals surface area contributed by atoms with Crippen molar-refractivity contribution < 1.29 is 47.9 Å². The summed E-state index contributed by atoms with van der Waals surface area (Å²) in [5.41, 5.74) is 22.0. The third-order valence-electron chi connectivity index (χ3n) is 15.6. The number of nitrogens with one attached hydrogen (secondary N) is 6. The van der Waals surface area contributed by atoms with Gasteiger partial charge in [-0.3, -0.25) is 48.2 Å². The van der Waals surface area contributed by atoms with Gasteiger partial charge in [0.2, 0.25) is 47.3 Å². The number of fused-ring (bicyclic) bond motifs is 4. The molecular weight excluding hydrogens is 1060 g/mol. The molecule has 7 atom stereocenters. The summed E-state index contributed by atoms with van der Waals surface area (Å²) in [6, 6.07) is 12.8. The molecule has 0 unspecified atom stereocenters. The van der Waals surface area contributed by atoms with E-state index in [1.54, 1.807) is 6.07 Å². The van der Waals surface area contributed by atoms with Crippen LogP contribution in [-0.4, -0.2) is 175 Å². The lowest BCUT2D eigenvalue weighted by atomic mass is 9.91. The highest BCUT2D eigenvalue weighted by Crippen LogP contribution is 2.28. The largest absolute Gasteiger partial charge is 0.379 e. The number of aliphatic imine (C=N–C) groups is 1. The molecule has 0 aromatic heterocycles. The standard InChI is InChI=1S/C59H82N14O10/c1-4-5-17-44(69-59(82)70(2)3)52(76)68-47-33-50(74)63-24-11-10-18-43(51(60)75)65-54(78)48-31-39-13-6-8-15-41(39)35-72(48)56(80)45(19-12-25-64-58(61)62)66-53(77)46(30-37-20-22-38(23-21-37)34-71-26-28-83-29-27-71)67-55(79)49-32-40-14-7-9-16-42(40)36-73(49)57(47)81/h6-9,13-16,20-23,43-49H,4-5,10-12,17-19,24-36H2,1-3H3,(H2,60,75)(H,63,74)(H,65,78)(H,66,77)(H,67,79)(H,68,76)(H,69,82)(H4,61,62,64)/t43-,44-,45-,46+,47-,48-,49-/m0/s1. The number of hydrogen-bond acceptors (Lipinski definition) is 12. The van der Waals surface area contributed by atoms with E-state index in [-0.39, 0.29) is 77.1 Å². The molecule has 448 valence electrons. The van der Waals surface area contributed by atoms with Crippen LogP contribution in [0.3, 0.4) is 0 Å². The molecule has 0 bridgehead atoms. The molecule has 2 fully saturated rings. The fourth-order valence-corrected chi connectivity index (χ4v) is 10.9. The number of morpholine rings is 1. The van der Waals surface area contributed by atoms with E-state index >= 15 is 19.2 Å². The van der Waals surface area contributed by atoms with Gasteiger partial charge < -0.3 is 68.5 Å². The highest BCUT2D eigenvalue weighted by molar-refractivity contribution is 5.99. The van der Waals surface area contributed by atoms with Crippen molar-refractivity contribution in [1.29, 1.82) is 0 Å². The molecular formula is C59H82N14O10. The Morgan fingerprint density at radius 2 is 1.31 bits per heavy atom. The van der Waals surface area contributed by atoms with Crippen LogP contribution in [0.15, 0.2) is 77.8 Å². The number of rotatable bonds is 15. The highest BCUT2D eigenvalue weighted by atomic mass is 16.5. The zero-order valence-electron chi connectivity index (χ0n) is 47.9. The van der Waals surface area contributed by atoms with Crippen LogP contribution in [0, 0.1) is 0 Å². The second-order valence-electron chi connectivity index (χ2n) is 22.0. The Labute approximate surface area is 484 Å². The second-order valence-corrected chi connectivity index (χ2v) is 22.0. The van der Waals surface area contributed by atoms with Gasteiger partial charge in [-0.25, -0.2) is 4.79 Å². The number of carbonyl (C=O) groups is 9. The summed E-state index contributed by atoms with van der Waals surface area (Å²) in [6.45, 7) is 5.39. The average Bonchev–Trinajstić information content (AvgIpc) is 3.57. The monoisotopic (exact) mass is 1150 g/mol.